The number of hydrogen-bond acceptors (Lipinski definition) is 5. The lowest BCUT2D eigenvalue weighted by molar-refractivity contribution is -0.123. The zero-order valence-electron chi connectivity index (χ0n) is 20.0. The third kappa shape index (κ3) is 3.65. The normalized spacial score (nSPS) is 26.5. The van der Waals surface area contributed by atoms with Crippen LogP contribution in [0.2, 0.25) is 0 Å². The largest absolute Gasteiger partial charge is 0.508 e. The van der Waals surface area contributed by atoms with Crippen LogP contribution in [0.4, 0.5) is 5.69 Å². The number of imide groups is 1. The predicted molar refractivity (Wildman–Crippen MR) is 149 cm³/mol. The zero-order valence-corrected chi connectivity index (χ0v) is 23.2. The molecule has 1 fully saturated rings. The Bertz CT molecular complexity index is 1570. The van der Waals surface area contributed by atoms with E-state index in [1.54, 1.807) is 42.5 Å². The summed E-state index contributed by atoms with van der Waals surface area (Å²) in [5.41, 5.74) is 3.27. The van der Waals surface area contributed by atoms with E-state index in [0.29, 0.717) is 33.3 Å². The van der Waals surface area contributed by atoms with Gasteiger partial charge in [0.1, 0.15) is 5.75 Å². The van der Waals surface area contributed by atoms with E-state index >= 15 is 0 Å². The van der Waals surface area contributed by atoms with Gasteiger partial charge in [0.05, 0.1) is 22.0 Å². The van der Waals surface area contributed by atoms with Crippen LogP contribution in [-0.2, 0) is 19.2 Å². The molecule has 0 bridgehead atoms. The Balaban J connectivity index is 1.49. The summed E-state index contributed by atoms with van der Waals surface area (Å²) in [4.78, 5) is 55.3. The smallest absolute Gasteiger partial charge is 0.238 e. The molecule has 1 saturated heterocycles. The van der Waals surface area contributed by atoms with E-state index in [4.69, 9.17) is 0 Å². The van der Waals surface area contributed by atoms with Crippen molar-refractivity contribution >= 4 is 67.0 Å². The Kier molecular flexibility index (Phi) is 6.00. The average Bonchev–Trinajstić information content (AvgIpc) is 3.17. The van der Waals surface area contributed by atoms with Gasteiger partial charge in [-0.3, -0.25) is 24.1 Å². The minimum Gasteiger partial charge on any atom is -0.508 e. The number of ketones is 2. The third-order valence-electron chi connectivity index (χ3n) is 8.02. The van der Waals surface area contributed by atoms with Crippen LogP contribution in [-0.4, -0.2) is 28.5 Å². The average molecular weight is 635 g/mol. The lowest BCUT2D eigenvalue weighted by Crippen LogP contribution is -2.39. The molecule has 0 aromatic heterocycles. The van der Waals surface area contributed by atoms with Crippen LogP contribution in [0, 0.1) is 17.8 Å². The molecule has 8 heteroatoms. The molecule has 6 rings (SSSR count). The summed E-state index contributed by atoms with van der Waals surface area (Å²) >= 11 is 6.68. The van der Waals surface area contributed by atoms with E-state index in [0.717, 1.165) is 11.1 Å². The summed E-state index contributed by atoms with van der Waals surface area (Å²) in [6.07, 6.45) is 5.39. The summed E-state index contributed by atoms with van der Waals surface area (Å²) in [5.74, 6) is -3.64. The predicted octanol–water partition coefficient (Wildman–Crippen LogP) is 5.76. The Labute approximate surface area is 235 Å². The van der Waals surface area contributed by atoms with Gasteiger partial charge in [-0.2, -0.15) is 0 Å². The van der Waals surface area contributed by atoms with Crippen molar-refractivity contribution in [2.75, 3.05) is 4.90 Å². The number of nitrogens with zero attached hydrogens (tertiary/aromatic N) is 1. The molecule has 2 amide bonds. The van der Waals surface area contributed by atoms with Gasteiger partial charge in [0.2, 0.25) is 11.8 Å². The highest BCUT2D eigenvalue weighted by Crippen LogP contribution is 2.56. The summed E-state index contributed by atoms with van der Waals surface area (Å²) in [6.45, 7) is 3.75. The molecule has 190 valence electrons. The molecule has 1 heterocycles. The highest BCUT2D eigenvalue weighted by Gasteiger charge is 2.56. The topological polar surface area (TPSA) is 91.8 Å². The third-order valence-corrected chi connectivity index (χ3v) is 9.10. The molecule has 0 saturated carbocycles. The van der Waals surface area contributed by atoms with Crippen LogP contribution in [0.1, 0.15) is 29.9 Å². The van der Waals surface area contributed by atoms with Crippen molar-refractivity contribution in [2.24, 2.45) is 17.8 Å². The molecule has 38 heavy (non-hydrogen) atoms. The summed E-state index contributed by atoms with van der Waals surface area (Å²) in [5, 5.41) is 10.9. The number of Topliss-reactive ketones (excluding diaryl/α,β-unsaturated/α-hetero) is 1. The second-order valence-corrected chi connectivity index (χ2v) is 11.7. The van der Waals surface area contributed by atoms with Crippen molar-refractivity contribution < 1.29 is 24.3 Å². The standard InChI is InChI=1S/C30H21Br2NO5/c1-2-14-3-6-16(7-4-14)33-29(37)18-9-8-17-19(26(18)30(33)38)12-21-27(24(35)13-22(32)28(21)36)25(17)20-11-15(31)5-10-23(20)34/h2-8,10-11,13,18-19,25-26,34H,1,9,12H2/t18-,19+,25+,26-/m0/s1. The van der Waals surface area contributed by atoms with Gasteiger partial charge < -0.3 is 5.11 Å². The molecule has 6 nitrogen and oxygen atoms in total. The van der Waals surface area contributed by atoms with Crippen molar-refractivity contribution in [1.82, 2.24) is 0 Å². The van der Waals surface area contributed by atoms with Crippen molar-refractivity contribution in [3.63, 3.8) is 0 Å². The fourth-order valence-corrected chi connectivity index (χ4v) is 7.16. The van der Waals surface area contributed by atoms with E-state index in [1.807, 2.05) is 6.08 Å². The molecule has 4 atom stereocenters. The summed E-state index contributed by atoms with van der Waals surface area (Å²) in [7, 11) is 0. The fourth-order valence-electron chi connectivity index (χ4n) is 6.33. The van der Waals surface area contributed by atoms with E-state index in [1.165, 1.54) is 17.0 Å². The van der Waals surface area contributed by atoms with Crippen molar-refractivity contribution in [2.45, 2.75) is 18.8 Å². The lowest BCUT2D eigenvalue weighted by Gasteiger charge is -2.42. The fraction of sp³-hybridized carbons (Fsp3) is 0.200. The first-order valence-corrected chi connectivity index (χ1v) is 13.8. The van der Waals surface area contributed by atoms with E-state index in [9.17, 15) is 24.3 Å². The number of phenolic OH excluding ortho intramolecular Hbond substituents is 1. The van der Waals surface area contributed by atoms with Gasteiger partial charge in [-0.25, -0.2) is 0 Å². The maximum Gasteiger partial charge on any atom is 0.238 e. The van der Waals surface area contributed by atoms with Crippen LogP contribution in [0.25, 0.3) is 6.08 Å². The number of carbonyl (C=O) groups excluding carboxylic acids is 4. The number of anilines is 1. The molecule has 0 spiro atoms. The first kappa shape index (κ1) is 24.9. The maximum absolute atomic E-state index is 13.9. The number of aromatic hydroxyl groups is 1. The first-order valence-electron chi connectivity index (χ1n) is 12.2. The minimum atomic E-state index is -0.709. The number of hydrogen-bond donors (Lipinski definition) is 1. The zero-order chi connectivity index (χ0) is 26.9. The molecule has 2 aromatic rings. The Morgan fingerprint density at radius 2 is 1.71 bits per heavy atom. The minimum absolute atomic E-state index is 0.0136. The second kappa shape index (κ2) is 9.13. The number of halogens is 2. The van der Waals surface area contributed by atoms with Gasteiger partial charge in [-0.1, -0.05) is 52.4 Å². The SMILES string of the molecule is C=Cc1ccc(N2C(=O)[C@H]3[C@H](CC=C4[C@H](c5cc(Br)ccc5O)C5=C(C[C@H]43)C(=O)C(Br)=CC5=O)C2=O)cc1. The molecule has 1 aliphatic heterocycles. The number of allylic oxidation sites excluding steroid dienone is 6. The highest BCUT2D eigenvalue weighted by molar-refractivity contribution is 9.12. The van der Waals surface area contributed by atoms with Gasteiger partial charge in [0.15, 0.2) is 11.6 Å². The van der Waals surface area contributed by atoms with Crippen LogP contribution < -0.4 is 4.90 Å². The van der Waals surface area contributed by atoms with Crippen LogP contribution in [0.5, 0.6) is 5.75 Å². The quantitative estimate of drug-likeness (QED) is 0.263. The van der Waals surface area contributed by atoms with E-state index < -0.39 is 23.7 Å². The number of amides is 2. The van der Waals surface area contributed by atoms with Gasteiger partial charge in [0, 0.05) is 33.2 Å². The van der Waals surface area contributed by atoms with Crippen LogP contribution in [0.15, 0.2) is 86.9 Å². The summed E-state index contributed by atoms with van der Waals surface area (Å²) in [6, 6.07) is 12.0. The number of fused-ring (bicyclic) bond motifs is 3. The Morgan fingerprint density at radius 3 is 2.42 bits per heavy atom. The van der Waals surface area contributed by atoms with Gasteiger partial charge in [-0.05, 0) is 70.6 Å². The Hall–Kier alpha value is -3.36. The maximum atomic E-state index is 13.9. The summed E-state index contributed by atoms with van der Waals surface area (Å²) < 4.78 is 0.868. The molecule has 0 unspecified atom stereocenters. The number of phenols is 1. The first-order chi connectivity index (χ1) is 18.2. The molecule has 1 N–H and O–H groups in total. The highest BCUT2D eigenvalue weighted by atomic mass is 79.9. The molecular weight excluding hydrogens is 614 g/mol. The van der Waals surface area contributed by atoms with Gasteiger partial charge in [0.25, 0.3) is 0 Å². The number of carbonyl (C=O) groups is 4. The molecule has 3 aliphatic carbocycles. The van der Waals surface area contributed by atoms with Crippen molar-refractivity contribution in [3.8, 4) is 5.75 Å². The molecule has 2 aromatic carbocycles. The van der Waals surface area contributed by atoms with Crippen LogP contribution >= 0.6 is 31.9 Å². The van der Waals surface area contributed by atoms with Crippen molar-refractivity contribution in [1.29, 1.82) is 0 Å². The lowest BCUT2D eigenvalue weighted by atomic mass is 9.59. The Morgan fingerprint density at radius 1 is 0.974 bits per heavy atom. The monoisotopic (exact) mass is 633 g/mol. The second-order valence-electron chi connectivity index (χ2n) is 9.90. The van der Waals surface area contributed by atoms with Crippen LogP contribution in [0.3, 0.4) is 0 Å². The van der Waals surface area contributed by atoms with Gasteiger partial charge >= 0.3 is 0 Å². The number of benzene rings is 2. The molecule has 0 radical (unpaired) electrons. The molecule has 4 aliphatic rings. The van der Waals surface area contributed by atoms with Gasteiger partial charge in [-0.15, -0.1) is 0 Å². The van der Waals surface area contributed by atoms with E-state index in [2.05, 4.69) is 38.4 Å². The molecular formula is C30H21Br2NO5. The van der Waals surface area contributed by atoms with Crippen molar-refractivity contribution in [3.05, 3.63) is 98.0 Å². The number of rotatable bonds is 3. The van der Waals surface area contributed by atoms with E-state index in [-0.39, 0.29) is 40.0 Å².